The van der Waals surface area contributed by atoms with Crippen LogP contribution in [0.15, 0.2) is 59.7 Å². The van der Waals surface area contributed by atoms with Crippen molar-refractivity contribution >= 4 is 16.6 Å². The van der Waals surface area contributed by atoms with Gasteiger partial charge in [-0.05, 0) is 30.3 Å². The van der Waals surface area contributed by atoms with Crippen molar-refractivity contribution in [2.75, 3.05) is 5.73 Å². The summed E-state index contributed by atoms with van der Waals surface area (Å²) < 4.78 is 1.50. The lowest BCUT2D eigenvalue weighted by molar-refractivity contribution is 0.964. The Hall–Kier alpha value is -2.62. The zero-order valence-corrected chi connectivity index (χ0v) is 9.58. The van der Waals surface area contributed by atoms with Gasteiger partial charge in [-0.15, -0.1) is 0 Å². The largest absolute Gasteiger partial charge is 0.399 e. The van der Waals surface area contributed by atoms with Gasteiger partial charge in [0.2, 0.25) is 0 Å². The van der Waals surface area contributed by atoms with E-state index in [0.717, 1.165) is 5.69 Å². The molecular formula is C14H11N3O. The van der Waals surface area contributed by atoms with Gasteiger partial charge in [-0.25, -0.2) is 4.98 Å². The van der Waals surface area contributed by atoms with Crippen molar-refractivity contribution in [1.82, 2.24) is 9.55 Å². The molecule has 0 saturated heterocycles. The molecule has 3 aromatic rings. The Balaban J connectivity index is 2.31. The minimum Gasteiger partial charge on any atom is -0.399 e. The second-order valence-corrected chi connectivity index (χ2v) is 4.03. The van der Waals surface area contributed by atoms with Gasteiger partial charge < -0.3 is 5.73 Å². The van der Waals surface area contributed by atoms with Gasteiger partial charge in [0.25, 0.3) is 5.56 Å². The Bertz CT molecular complexity index is 777. The van der Waals surface area contributed by atoms with E-state index < -0.39 is 0 Å². The molecule has 0 atom stereocenters. The van der Waals surface area contributed by atoms with Crippen LogP contribution < -0.4 is 11.3 Å². The molecule has 0 aliphatic rings. The molecule has 0 bridgehead atoms. The molecule has 4 nitrogen and oxygen atoms in total. The molecule has 3 rings (SSSR count). The predicted octanol–water partition coefficient (Wildman–Crippen LogP) is 1.97. The maximum atomic E-state index is 12.3. The first kappa shape index (κ1) is 10.5. The topological polar surface area (TPSA) is 60.9 Å². The normalized spacial score (nSPS) is 10.7. The van der Waals surface area contributed by atoms with Gasteiger partial charge in [0.15, 0.2) is 0 Å². The lowest BCUT2D eigenvalue weighted by Crippen LogP contribution is -2.18. The van der Waals surface area contributed by atoms with Crippen LogP contribution in [0.5, 0.6) is 0 Å². The molecule has 0 saturated carbocycles. The van der Waals surface area contributed by atoms with E-state index in [0.29, 0.717) is 16.6 Å². The first-order valence-corrected chi connectivity index (χ1v) is 5.58. The molecule has 88 valence electrons. The zero-order chi connectivity index (χ0) is 12.5. The third-order valence-corrected chi connectivity index (χ3v) is 2.81. The number of para-hydroxylation sites is 1. The number of nitrogen functional groups attached to an aromatic ring is 1. The molecule has 1 heterocycles. The number of rotatable bonds is 1. The van der Waals surface area contributed by atoms with Crippen LogP contribution >= 0.6 is 0 Å². The highest BCUT2D eigenvalue weighted by atomic mass is 16.1. The summed E-state index contributed by atoms with van der Waals surface area (Å²) in [6.45, 7) is 0. The van der Waals surface area contributed by atoms with E-state index in [-0.39, 0.29) is 5.56 Å². The van der Waals surface area contributed by atoms with Crippen LogP contribution in [0, 0.1) is 0 Å². The summed E-state index contributed by atoms with van der Waals surface area (Å²) in [6.07, 6.45) is 1.53. The summed E-state index contributed by atoms with van der Waals surface area (Å²) in [5.74, 6) is 0. The molecule has 1 aromatic heterocycles. The van der Waals surface area contributed by atoms with Crippen molar-refractivity contribution in [3.63, 3.8) is 0 Å². The van der Waals surface area contributed by atoms with Crippen LogP contribution in [0.1, 0.15) is 0 Å². The fourth-order valence-electron chi connectivity index (χ4n) is 1.93. The van der Waals surface area contributed by atoms with Crippen LogP contribution in [-0.2, 0) is 0 Å². The zero-order valence-electron chi connectivity index (χ0n) is 9.58. The molecule has 18 heavy (non-hydrogen) atoms. The molecule has 0 spiro atoms. The van der Waals surface area contributed by atoms with E-state index in [4.69, 9.17) is 5.73 Å². The molecular weight excluding hydrogens is 226 g/mol. The first-order chi connectivity index (χ1) is 8.75. The summed E-state index contributed by atoms with van der Waals surface area (Å²) in [4.78, 5) is 16.6. The van der Waals surface area contributed by atoms with Gasteiger partial charge in [0, 0.05) is 5.69 Å². The molecule has 4 heteroatoms. The van der Waals surface area contributed by atoms with Crippen molar-refractivity contribution in [1.29, 1.82) is 0 Å². The average Bonchev–Trinajstić information content (AvgIpc) is 2.39. The highest BCUT2D eigenvalue weighted by Gasteiger charge is 2.04. The Kier molecular flexibility index (Phi) is 2.34. The Morgan fingerprint density at radius 1 is 1.06 bits per heavy atom. The number of anilines is 1. The summed E-state index contributed by atoms with van der Waals surface area (Å²) in [6, 6.07) is 14.4. The minimum atomic E-state index is -0.0915. The van der Waals surface area contributed by atoms with E-state index >= 15 is 0 Å². The molecule has 2 N–H and O–H groups in total. The highest BCUT2D eigenvalue weighted by molar-refractivity contribution is 5.77. The number of hydrogen-bond donors (Lipinski definition) is 1. The summed E-state index contributed by atoms with van der Waals surface area (Å²) in [5, 5.41) is 0.599. The quantitative estimate of drug-likeness (QED) is 0.658. The molecule has 0 unspecified atom stereocenters. The van der Waals surface area contributed by atoms with Gasteiger partial charge in [0.05, 0.1) is 16.6 Å². The van der Waals surface area contributed by atoms with Gasteiger partial charge >= 0.3 is 0 Å². The van der Waals surface area contributed by atoms with Crippen molar-refractivity contribution in [2.45, 2.75) is 0 Å². The lowest BCUT2D eigenvalue weighted by Gasteiger charge is -2.06. The first-order valence-electron chi connectivity index (χ1n) is 5.58. The van der Waals surface area contributed by atoms with E-state index in [9.17, 15) is 4.79 Å². The number of aromatic nitrogens is 2. The van der Waals surface area contributed by atoms with Crippen LogP contribution in [0.25, 0.3) is 16.6 Å². The fourth-order valence-corrected chi connectivity index (χ4v) is 1.93. The lowest BCUT2D eigenvalue weighted by atomic mass is 10.2. The van der Waals surface area contributed by atoms with Crippen molar-refractivity contribution < 1.29 is 0 Å². The highest BCUT2D eigenvalue weighted by Crippen LogP contribution is 2.11. The third-order valence-electron chi connectivity index (χ3n) is 2.81. The minimum absolute atomic E-state index is 0.0915. The maximum absolute atomic E-state index is 12.3. The Morgan fingerprint density at radius 3 is 2.72 bits per heavy atom. The Morgan fingerprint density at radius 2 is 1.89 bits per heavy atom. The van der Waals surface area contributed by atoms with Gasteiger partial charge in [-0.3, -0.25) is 9.36 Å². The Labute approximate surface area is 103 Å². The number of hydrogen-bond acceptors (Lipinski definition) is 3. The van der Waals surface area contributed by atoms with E-state index in [1.165, 1.54) is 10.9 Å². The predicted molar refractivity (Wildman–Crippen MR) is 71.8 cm³/mol. The van der Waals surface area contributed by atoms with Crippen molar-refractivity contribution in [3.8, 4) is 5.69 Å². The van der Waals surface area contributed by atoms with Gasteiger partial charge in [-0.1, -0.05) is 18.2 Å². The molecule has 2 aromatic carbocycles. The summed E-state index contributed by atoms with van der Waals surface area (Å²) in [7, 11) is 0. The average molecular weight is 237 g/mol. The van der Waals surface area contributed by atoms with Crippen LogP contribution in [-0.4, -0.2) is 9.55 Å². The smallest absolute Gasteiger partial charge is 0.265 e. The molecule has 0 amide bonds. The SMILES string of the molecule is Nc1cccc(-n2cnc3ccccc3c2=O)c1. The van der Waals surface area contributed by atoms with E-state index in [1.807, 2.05) is 30.3 Å². The van der Waals surface area contributed by atoms with E-state index in [2.05, 4.69) is 4.98 Å². The second kappa shape index (κ2) is 4.00. The molecule has 0 fully saturated rings. The molecule has 0 aliphatic carbocycles. The maximum Gasteiger partial charge on any atom is 0.265 e. The molecule has 0 radical (unpaired) electrons. The van der Waals surface area contributed by atoms with Crippen LogP contribution in [0.4, 0.5) is 5.69 Å². The number of fused-ring (bicyclic) bond motifs is 1. The number of benzene rings is 2. The van der Waals surface area contributed by atoms with Crippen LogP contribution in [0.3, 0.4) is 0 Å². The number of nitrogens with zero attached hydrogens (tertiary/aromatic N) is 2. The summed E-state index contributed by atoms with van der Waals surface area (Å²) >= 11 is 0. The number of nitrogens with two attached hydrogens (primary N) is 1. The summed E-state index contributed by atoms with van der Waals surface area (Å²) in [5.41, 5.74) is 7.67. The van der Waals surface area contributed by atoms with Crippen LogP contribution in [0.2, 0.25) is 0 Å². The van der Waals surface area contributed by atoms with Gasteiger partial charge in [-0.2, -0.15) is 0 Å². The molecule has 0 aliphatic heterocycles. The van der Waals surface area contributed by atoms with E-state index in [1.54, 1.807) is 18.2 Å². The monoisotopic (exact) mass is 237 g/mol. The standard InChI is InChI=1S/C14H11N3O/c15-10-4-3-5-11(8-10)17-9-16-13-7-2-1-6-12(13)14(17)18/h1-9H,15H2. The van der Waals surface area contributed by atoms with Gasteiger partial charge in [0.1, 0.15) is 6.33 Å². The third kappa shape index (κ3) is 1.64. The second-order valence-electron chi connectivity index (χ2n) is 4.03. The fraction of sp³-hybridized carbons (Fsp3) is 0. The van der Waals surface area contributed by atoms with Crippen molar-refractivity contribution in [3.05, 3.63) is 65.2 Å². The van der Waals surface area contributed by atoms with Crippen molar-refractivity contribution in [2.24, 2.45) is 0 Å².